The average Bonchev–Trinajstić information content (AvgIpc) is 2.96. The molecule has 4 atom stereocenters. The third-order valence-corrected chi connectivity index (χ3v) is 5.58. The van der Waals surface area contributed by atoms with Gasteiger partial charge in [0.25, 0.3) is 0 Å². The van der Waals surface area contributed by atoms with Crippen molar-refractivity contribution < 1.29 is 19.7 Å². The summed E-state index contributed by atoms with van der Waals surface area (Å²) in [6.07, 6.45) is 3.90. The van der Waals surface area contributed by atoms with Crippen LogP contribution in [0.1, 0.15) is 46.0 Å². The number of rotatable bonds is 2. The maximum atomic E-state index is 11.4. The van der Waals surface area contributed by atoms with Crippen LogP contribution in [0.4, 0.5) is 0 Å². The predicted molar refractivity (Wildman–Crippen MR) is 69.7 cm³/mol. The number of aliphatic hydroxyl groups is 1. The molecule has 106 valence electrons. The highest BCUT2D eigenvalue weighted by Crippen LogP contribution is 2.60. The summed E-state index contributed by atoms with van der Waals surface area (Å²) in [5.41, 5.74) is 1.68. The first-order valence-electron chi connectivity index (χ1n) is 7.13. The molecule has 0 radical (unpaired) electrons. The molecule has 0 amide bonds. The number of hydrogen-bond acceptors (Lipinski definition) is 3. The van der Waals surface area contributed by atoms with Crippen LogP contribution in [0.25, 0.3) is 0 Å². The number of hydrogen-bond donors (Lipinski definition) is 2. The van der Waals surface area contributed by atoms with Crippen molar-refractivity contribution in [2.45, 2.75) is 57.7 Å². The zero-order chi connectivity index (χ0) is 13.8. The van der Waals surface area contributed by atoms with Gasteiger partial charge in [-0.25, -0.2) is 4.79 Å². The molecule has 4 nitrogen and oxygen atoms in total. The Morgan fingerprint density at radius 1 is 1.42 bits per heavy atom. The highest BCUT2D eigenvalue weighted by atomic mass is 16.6. The van der Waals surface area contributed by atoms with Crippen molar-refractivity contribution in [1.29, 1.82) is 0 Å². The molecule has 3 fully saturated rings. The van der Waals surface area contributed by atoms with E-state index in [-0.39, 0.29) is 18.1 Å². The predicted octanol–water partition coefficient (Wildman–Crippen LogP) is 2.12. The van der Waals surface area contributed by atoms with Crippen LogP contribution in [0, 0.1) is 11.3 Å². The topological polar surface area (TPSA) is 70.1 Å². The van der Waals surface area contributed by atoms with E-state index in [1.807, 2.05) is 0 Å². The smallest absolute Gasteiger partial charge is 0.338 e. The van der Waals surface area contributed by atoms with Crippen LogP contribution in [0.5, 0.6) is 0 Å². The van der Waals surface area contributed by atoms with E-state index in [0.29, 0.717) is 18.8 Å². The van der Waals surface area contributed by atoms with E-state index in [4.69, 9.17) is 4.74 Å². The van der Waals surface area contributed by atoms with Gasteiger partial charge in [0, 0.05) is 12.0 Å². The van der Waals surface area contributed by atoms with Gasteiger partial charge in [-0.2, -0.15) is 0 Å². The Morgan fingerprint density at radius 2 is 2.16 bits per heavy atom. The minimum atomic E-state index is -0.945. The molecule has 1 heterocycles. The van der Waals surface area contributed by atoms with Crippen molar-refractivity contribution in [3.63, 3.8) is 0 Å². The largest absolute Gasteiger partial charge is 0.479 e. The molecular formula is C15H22O4. The number of carbonyl (C=O) groups is 1. The van der Waals surface area contributed by atoms with Crippen LogP contribution in [0.2, 0.25) is 0 Å². The van der Waals surface area contributed by atoms with Gasteiger partial charge in [-0.1, -0.05) is 11.1 Å². The number of fused-ring (bicyclic) bond motifs is 2. The van der Waals surface area contributed by atoms with Crippen molar-refractivity contribution in [3.05, 3.63) is 11.1 Å². The van der Waals surface area contributed by atoms with E-state index in [1.54, 1.807) is 0 Å². The van der Waals surface area contributed by atoms with Gasteiger partial charge in [-0.3, -0.25) is 0 Å². The number of aliphatic hydroxyl groups excluding tert-OH is 1. The molecule has 3 aliphatic rings. The van der Waals surface area contributed by atoms with Crippen molar-refractivity contribution in [3.8, 4) is 0 Å². The third-order valence-electron chi connectivity index (χ3n) is 5.58. The molecule has 2 N–H and O–H groups in total. The first-order chi connectivity index (χ1) is 8.95. The Morgan fingerprint density at radius 3 is 2.74 bits per heavy atom. The molecule has 1 saturated heterocycles. The van der Waals surface area contributed by atoms with Crippen LogP contribution in [-0.4, -0.2) is 34.5 Å². The fourth-order valence-corrected chi connectivity index (χ4v) is 4.35. The quantitative estimate of drug-likeness (QED) is 0.593. The zero-order valence-electron chi connectivity index (χ0n) is 11.6. The fraction of sp³-hybridized carbons (Fsp3) is 0.800. The molecule has 0 aromatic carbocycles. The van der Waals surface area contributed by atoms with Crippen molar-refractivity contribution in [2.75, 3.05) is 6.61 Å². The summed E-state index contributed by atoms with van der Waals surface area (Å²) in [5.74, 6) is -0.487. The first kappa shape index (κ1) is 13.1. The van der Waals surface area contributed by atoms with Gasteiger partial charge >= 0.3 is 5.97 Å². The summed E-state index contributed by atoms with van der Waals surface area (Å²) in [6.45, 7) is 4.39. The minimum Gasteiger partial charge on any atom is -0.479 e. The number of epoxide rings is 1. The molecule has 1 aliphatic heterocycles. The molecule has 2 saturated carbocycles. The Bertz CT molecular complexity index is 451. The molecule has 3 rings (SSSR count). The van der Waals surface area contributed by atoms with E-state index >= 15 is 0 Å². The Hall–Kier alpha value is -0.870. The number of carboxylic acids is 1. The lowest BCUT2D eigenvalue weighted by Crippen LogP contribution is -2.31. The van der Waals surface area contributed by atoms with Gasteiger partial charge in [-0.05, 0) is 51.9 Å². The van der Waals surface area contributed by atoms with Gasteiger partial charge in [0.1, 0.15) is 0 Å². The molecule has 0 bridgehead atoms. The maximum absolute atomic E-state index is 11.4. The minimum absolute atomic E-state index is 0.143. The zero-order valence-corrected chi connectivity index (χ0v) is 11.6. The first-order valence-corrected chi connectivity index (χ1v) is 7.13. The Kier molecular flexibility index (Phi) is 2.81. The standard InChI is InChI=1S/C15H22O4/c1-9(2)10-3-5-14(8-16)7-12-15(19-12,13(17)18)6-4-11(10)14/h11-12,16H,3-8H2,1-2H3,(H,17,18)/t11-,12-,14+,15+/m0/s1. The summed E-state index contributed by atoms with van der Waals surface area (Å²) in [6, 6.07) is 0. The second-order valence-corrected chi connectivity index (χ2v) is 6.64. The maximum Gasteiger partial charge on any atom is 0.338 e. The fourth-order valence-electron chi connectivity index (χ4n) is 4.35. The monoisotopic (exact) mass is 266 g/mol. The summed E-state index contributed by atoms with van der Waals surface area (Å²) in [5, 5.41) is 19.3. The highest BCUT2D eigenvalue weighted by molar-refractivity contribution is 5.81. The van der Waals surface area contributed by atoms with Gasteiger partial charge < -0.3 is 14.9 Å². The van der Waals surface area contributed by atoms with E-state index in [9.17, 15) is 15.0 Å². The lowest BCUT2D eigenvalue weighted by atomic mass is 9.73. The molecule has 0 unspecified atom stereocenters. The van der Waals surface area contributed by atoms with Crippen LogP contribution in [0.3, 0.4) is 0 Å². The second-order valence-electron chi connectivity index (χ2n) is 6.64. The van der Waals surface area contributed by atoms with E-state index in [0.717, 1.165) is 19.3 Å². The average molecular weight is 266 g/mol. The Labute approximate surface area is 113 Å². The van der Waals surface area contributed by atoms with Crippen LogP contribution in [-0.2, 0) is 9.53 Å². The molecule has 19 heavy (non-hydrogen) atoms. The van der Waals surface area contributed by atoms with Crippen LogP contribution < -0.4 is 0 Å². The summed E-state index contributed by atoms with van der Waals surface area (Å²) < 4.78 is 5.51. The highest BCUT2D eigenvalue weighted by Gasteiger charge is 2.67. The van der Waals surface area contributed by atoms with Crippen molar-refractivity contribution >= 4 is 5.97 Å². The van der Waals surface area contributed by atoms with E-state index < -0.39 is 11.6 Å². The molecule has 0 spiro atoms. The number of carboxylic acid groups (broad SMARTS) is 1. The lowest BCUT2D eigenvalue weighted by Gasteiger charge is -2.33. The SMILES string of the molecule is CC(C)=C1CC[C@]2(CO)C[C@@H]3O[C@]3(C(=O)O)CC[C@@H]12. The van der Waals surface area contributed by atoms with Gasteiger partial charge in [-0.15, -0.1) is 0 Å². The number of aliphatic carboxylic acids is 1. The number of allylic oxidation sites excluding steroid dienone is 2. The van der Waals surface area contributed by atoms with Crippen molar-refractivity contribution in [2.24, 2.45) is 11.3 Å². The lowest BCUT2D eigenvalue weighted by molar-refractivity contribution is -0.143. The molecule has 2 aliphatic carbocycles. The molecular weight excluding hydrogens is 244 g/mol. The molecule has 0 aromatic heterocycles. The Balaban J connectivity index is 1.94. The molecule has 0 aromatic rings. The normalized spacial score (nSPS) is 44.3. The summed E-state index contributed by atoms with van der Waals surface area (Å²) in [7, 11) is 0. The van der Waals surface area contributed by atoms with Gasteiger partial charge in [0.15, 0.2) is 5.60 Å². The molecule has 4 heteroatoms. The van der Waals surface area contributed by atoms with Crippen molar-refractivity contribution in [1.82, 2.24) is 0 Å². The van der Waals surface area contributed by atoms with E-state index in [2.05, 4.69) is 13.8 Å². The number of ether oxygens (including phenoxy) is 1. The summed E-state index contributed by atoms with van der Waals surface area (Å²) >= 11 is 0. The second kappa shape index (κ2) is 4.06. The van der Waals surface area contributed by atoms with E-state index in [1.165, 1.54) is 11.1 Å². The third kappa shape index (κ3) is 1.69. The van der Waals surface area contributed by atoms with Gasteiger partial charge in [0.2, 0.25) is 0 Å². The summed E-state index contributed by atoms with van der Waals surface area (Å²) in [4.78, 5) is 11.4. The van der Waals surface area contributed by atoms with Gasteiger partial charge in [0.05, 0.1) is 6.10 Å². The van der Waals surface area contributed by atoms with Crippen LogP contribution >= 0.6 is 0 Å². The van der Waals surface area contributed by atoms with Crippen LogP contribution in [0.15, 0.2) is 11.1 Å².